The molecule has 0 saturated carbocycles. The fraction of sp³-hybridized carbons (Fsp3) is 0.231. The molecule has 0 fully saturated rings. The van der Waals surface area contributed by atoms with E-state index in [1.165, 1.54) is 6.92 Å². The summed E-state index contributed by atoms with van der Waals surface area (Å²) in [5.74, 6) is -2.94. The second kappa shape index (κ2) is 6.19. The number of Topliss-reactive ketones (excluding diaryl/α,β-unsaturated/α-hetero) is 1. The van der Waals surface area contributed by atoms with E-state index in [-0.39, 0.29) is 16.7 Å². The summed E-state index contributed by atoms with van der Waals surface area (Å²) >= 11 is 0. The van der Waals surface area contributed by atoms with Gasteiger partial charge in [0.1, 0.15) is 24.1 Å². The summed E-state index contributed by atoms with van der Waals surface area (Å²) in [5.41, 5.74) is -0.433. The first-order chi connectivity index (χ1) is 8.88. The third-order valence-corrected chi connectivity index (χ3v) is 2.44. The topological polar surface area (TPSA) is 69.9 Å². The summed E-state index contributed by atoms with van der Waals surface area (Å²) in [6.07, 6.45) is 0.940. The van der Waals surface area contributed by atoms with Crippen molar-refractivity contribution in [2.24, 2.45) is 4.99 Å². The maximum Gasteiger partial charge on any atom is 0.165 e. The summed E-state index contributed by atoms with van der Waals surface area (Å²) in [7, 11) is 0. The minimum atomic E-state index is -0.989. The van der Waals surface area contributed by atoms with Crippen LogP contribution in [-0.4, -0.2) is 28.9 Å². The van der Waals surface area contributed by atoms with Gasteiger partial charge >= 0.3 is 0 Å². The molecule has 1 aromatic rings. The van der Waals surface area contributed by atoms with E-state index in [1.54, 1.807) is 0 Å². The predicted molar refractivity (Wildman–Crippen MR) is 66.9 cm³/mol. The molecule has 2 N–H and O–H groups in total. The molecule has 19 heavy (non-hydrogen) atoms. The Morgan fingerprint density at radius 3 is 2.53 bits per heavy atom. The van der Waals surface area contributed by atoms with Crippen molar-refractivity contribution in [1.29, 1.82) is 0 Å². The van der Waals surface area contributed by atoms with Crippen LogP contribution in [0.2, 0.25) is 0 Å². The van der Waals surface area contributed by atoms with Gasteiger partial charge in [0.05, 0.1) is 11.1 Å². The molecular weight excluding hydrogens is 256 g/mol. The minimum absolute atomic E-state index is 0.130. The number of aliphatic imine (C=N–C) groups is 1. The molecule has 0 heterocycles. The molecule has 0 radical (unpaired) electrons. The molecule has 0 bridgehead atoms. The molecule has 6 heteroatoms. The highest BCUT2D eigenvalue weighted by Crippen LogP contribution is 2.22. The maximum atomic E-state index is 13.6. The SMILES string of the molecule is CC(=O)C(C=NCO)=C(O)c1cc(C)c(F)cc1F. The molecule has 0 aliphatic heterocycles. The van der Waals surface area contributed by atoms with Crippen molar-refractivity contribution in [2.45, 2.75) is 13.8 Å². The van der Waals surface area contributed by atoms with Crippen molar-refractivity contribution in [3.8, 4) is 0 Å². The van der Waals surface area contributed by atoms with Crippen LogP contribution in [0.25, 0.3) is 5.76 Å². The number of ketones is 1. The van der Waals surface area contributed by atoms with Crippen LogP contribution in [0, 0.1) is 18.6 Å². The third kappa shape index (κ3) is 3.45. The standard InChI is InChI=1S/C13H13F2NO3/c1-7-3-9(12(15)4-11(7)14)13(19)10(8(2)18)5-16-6-17/h3-5,17,19H,6H2,1-2H3. The molecule has 0 atom stereocenters. The monoisotopic (exact) mass is 269 g/mol. The minimum Gasteiger partial charge on any atom is -0.506 e. The lowest BCUT2D eigenvalue weighted by Crippen LogP contribution is -2.05. The van der Waals surface area contributed by atoms with Crippen molar-refractivity contribution in [3.05, 3.63) is 40.5 Å². The number of carbonyl (C=O) groups excluding carboxylic acids is 1. The molecule has 102 valence electrons. The van der Waals surface area contributed by atoms with Crippen molar-refractivity contribution >= 4 is 17.8 Å². The van der Waals surface area contributed by atoms with Gasteiger partial charge in [0.2, 0.25) is 0 Å². The average Bonchev–Trinajstić information content (AvgIpc) is 2.33. The zero-order valence-electron chi connectivity index (χ0n) is 10.4. The fourth-order valence-corrected chi connectivity index (χ4v) is 1.43. The van der Waals surface area contributed by atoms with Crippen LogP contribution in [0.4, 0.5) is 8.78 Å². The summed E-state index contributed by atoms with van der Waals surface area (Å²) < 4.78 is 26.7. The Balaban J connectivity index is 3.44. The Kier molecular flexibility index (Phi) is 4.88. The second-order valence-corrected chi connectivity index (χ2v) is 3.85. The number of aliphatic hydroxyl groups is 2. The molecule has 1 aromatic carbocycles. The number of hydrogen-bond donors (Lipinski definition) is 2. The quantitative estimate of drug-likeness (QED) is 0.500. The smallest absolute Gasteiger partial charge is 0.165 e. The maximum absolute atomic E-state index is 13.6. The van der Waals surface area contributed by atoms with Crippen molar-refractivity contribution < 1.29 is 23.8 Å². The van der Waals surface area contributed by atoms with Crippen LogP contribution in [0.1, 0.15) is 18.1 Å². The van der Waals surface area contributed by atoms with Gasteiger partial charge in [0.25, 0.3) is 0 Å². The molecule has 4 nitrogen and oxygen atoms in total. The van der Waals surface area contributed by atoms with E-state index in [2.05, 4.69) is 4.99 Å². The lowest BCUT2D eigenvalue weighted by Gasteiger charge is -2.07. The van der Waals surface area contributed by atoms with Gasteiger partial charge in [0.15, 0.2) is 5.78 Å². The summed E-state index contributed by atoms with van der Waals surface area (Å²) in [5, 5.41) is 18.4. The first-order valence-corrected chi connectivity index (χ1v) is 5.39. The molecule has 0 saturated heterocycles. The van der Waals surface area contributed by atoms with Gasteiger partial charge in [-0.2, -0.15) is 0 Å². The Morgan fingerprint density at radius 1 is 1.37 bits per heavy atom. The Hall–Kier alpha value is -2.08. The molecule has 0 aliphatic carbocycles. The molecule has 0 amide bonds. The van der Waals surface area contributed by atoms with Gasteiger partial charge < -0.3 is 10.2 Å². The first-order valence-electron chi connectivity index (χ1n) is 5.39. The number of nitrogens with zero attached hydrogens (tertiary/aromatic N) is 1. The van der Waals surface area contributed by atoms with Crippen molar-refractivity contribution in [3.63, 3.8) is 0 Å². The average molecular weight is 269 g/mol. The van der Waals surface area contributed by atoms with E-state index in [0.717, 1.165) is 19.2 Å². The highest BCUT2D eigenvalue weighted by Gasteiger charge is 2.16. The van der Waals surface area contributed by atoms with E-state index in [0.29, 0.717) is 6.07 Å². The first kappa shape index (κ1) is 15.0. The number of rotatable bonds is 4. The summed E-state index contributed by atoms with van der Waals surface area (Å²) in [6, 6.07) is 1.72. The van der Waals surface area contributed by atoms with Crippen molar-refractivity contribution in [1.82, 2.24) is 0 Å². The molecular formula is C13H13F2NO3. The van der Waals surface area contributed by atoms with Crippen LogP contribution < -0.4 is 0 Å². The third-order valence-electron chi connectivity index (χ3n) is 2.44. The Bertz CT molecular complexity index is 565. The normalized spacial score (nSPS) is 12.7. The highest BCUT2D eigenvalue weighted by molar-refractivity contribution is 6.17. The van der Waals surface area contributed by atoms with E-state index >= 15 is 0 Å². The van der Waals surface area contributed by atoms with Crippen LogP contribution in [0.5, 0.6) is 0 Å². The summed E-state index contributed by atoms with van der Waals surface area (Å²) in [4.78, 5) is 14.7. The molecule has 0 aliphatic rings. The zero-order chi connectivity index (χ0) is 14.6. The van der Waals surface area contributed by atoms with E-state index in [4.69, 9.17) is 5.11 Å². The lowest BCUT2D eigenvalue weighted by molar-refractivity contribution is -0.113. The number of allylic oxidation sites excluding steroid dienone is 1. The molecule has 1 rings (SSSR count). The van der Waals surface area contributed by atoms with Gasteiger partial charge in [-0.25, -0.2) is 8.78 Å². The molecule has 0 aromatic heterocycles. The molecule has 0 unspecified atom stereocenters. The Labute approximate surface area is 108 Å². The van der Waals surface area contributed by atoms with E-state index in [1.807, 2.05) is 0 Å². The van der Waals surface area contributed by atoms with E-state index < -0.39 is 29.9 Å². The van der Waals surface area contributed by atoms with Crippen LogP contribution >= 0.6 is 0 Å². The molecule has 0 spiro atoms. The zero-order valence-corrected chi connectivity index (χ0v) is 10.4. The van der Waals surface area contributed by atoms with Crippen molar-refractivity contribution in [2.75, 3.05) is 6.73 Å². The number of carbonyl (C=O) groups is 1. The number of halogens is 2. The number of aliphatic hydroxyl groups excluding tert-OH is 2. The lowest BCUT2D eigenvalue weighted by atomic mass is 10.0. The van der Waals surface area contributed by atoms with Gasteiger partial charge in [-0.3, -0.25) is 9.79 Å². The van der Waals surface area contributed by atoms with E-state index in [9.17, 15) is 18.7 Å². The van der Waals surface area contributed by atoms with Crippen LogP contribution in [0.3, 0.4) is 0 Å². The Morgan fingerprint density at radius 2 is 2.00 bits per heavy atom. The summed E-state index contributed by atoms with van der Waals surface area (Å²) in [6.45, 7) is 1.99. The fourth-order valence-electron chi connectivity index (χ4n) is 1.43. The van der Waals surface area contributed by atoms with Gasteiger partial charge in [-0.15, -0.1) is 0 Å². The highest BCUT2D eigenvalue weighted by atomic mass is 19.1. The van der Waals surface area contributed by atoms with Gasteiger partial charge in [-0.1, -0.05) is 0 Å². The van der Waals surface area contributed by atoms with Crippen LogP contribution in [0.15, 0.2) is 22.7 Å². The van der Waals surface area contributed by atoms with Gasteiger partial charge in [0, 0.05) is 12.3 Å². The largest absolute Gasteiger partial charge is 0.506 e. The predicted octanol–water partition coefficient (Wildman–Crippen LogP) is 2.15. The van der Waals surface area contributed by atoms with Crippen LogP contribution in [-0.2, 0) is 4.79 Å². The second-order valence-electron chi connectivity index (χ2n) is 3.85. The number of benzene rings is 1. The number of aryl methyl sites for hydroxylation is 1. The number of hydrogen-bond acceptors (Lipinski definition) is 4. The van der Waals surface area contributed by atoms with Gasteiger partial charge in [-0.05, 0) is 25.5 Å².